The lowest BCUT2D eigenvalue weighted by Crippen LogP contribution is -2.52. The third-order valence-electron chi connectivity index (χ3n) is 7.17. The molecule has 1 heterocycles. The maximum absolute atomic E-state index is 13.5. The number of benzene rings is 2. The van der Waals surface area contributed by atoms with Crippen LogP contribution >= 0.6 is 0 Å². The summed E-state index contributed by atoms with van der Waals surface area (Å²) in [4.78, 5) is 15.0. The molecule has 1 aliphatic heterocycles. The highest BCUT2D eigenvalue weighted by molar-refractivity contribution is 5.89. The summed E-state index contributed by atoms with van der Waals surface area (Å²) in [5, 5.41) is 14.8. The second-order valence-electron chi connectivity index (χ2n) is 8.85. The lowest BCUT2D eigenvalue weighted by molar-refractivity contribution is 0.156. The van der Waals surface area contributed by atoms with Crippen LogP contribution in [0, 0.1) is 17.1 Å². The van der Waals surface area contributed by atoms with Crippen molar-refractivity contribution in [1.82, 2.24) is 10.2 Å². The molecule has 2 N–H and O–H groups in total. The van der Waals surface area contributed by atoms with Gasteiger partial charge >= 0.3 is 6.03 Å². The van der Waals surface area contributed by atoms with Gasteiger partial charge in [-0.25, -0.2) is 9.18 Å². The number of nitrogens with one attached hydrogen (secondary N) is 2. The molecule has 7 nitrogen and oxygen atoms in total. The first-order valence-corrected chi connectivity index (χ1v) is 11.1. The first-order valence-electron chi connectivity index (χ1n) is 11.1. The standard InChI is InChI=1S/C25H29FN4O3/c1-30-11-10-25(17-4-7-21(32-2)22(13-17)33-3)9-8-19(14-23(25)30)29-24(31)28-18-5-6-20(26)16(12-18)15-27/h4-7,12-13,19,23H,8-11,14H2,1-3H3,(H2,28,29,31)/t19-,23+,25+/m1/s1. The first kappa shape index (κ1) is 22.9. The number of amides is 2. The topological polar surface area (TPSA) is 86.6 Å². The molecule has 2 aromatic carbocycles. The number of likely N-dealkylation sites (N-methyl/N-ethyl adjacent to an activating group) is 1. The average molecular weight is 453 g/mol. The van der Waals surface area contributed by atoms with Gasteiger partial charge in [-0.1, -0.05) is 6.07 Å². The number of carbonyl (C=O) groups is 1. The number of ether oxygens (including phenoxy) is 2. The number of nitriles is 1. The summed E-state index contributed by atoms with van der Waals surface area (Å²) in [5.74, 6) is 0.841. The maximum Gasteiger partial charge on any atom is 0.319 e. The van der Waals surface area contributed by atoms with E-state index in [0.717, 1.165) is 38.0 Å². The number of anilines is 1. The third kappa shape index (κ3) is 4.33. The Labute approximate surface area is 193 Å². The molecule has 8 heteroatoms. The zero-order valence-electron chi connectivity index (χ0n) is 19.2. The maximum atomic E-state index is 13.5. The van der Waals surface area contributed by atoms with Gasteiger partial charge in [0.05, 0.1) is 19.8 Å². The number of carbonyl (C=O) groups excluding carboxylic acids is 1. The Morgan fingerprint density at radius 3 is 2.70 bits per heavy atom. The fourth-order valence-corrected chi connectivity index (χ4v) is 5.44. The Balaban J connectivity index is 1.47. The Morgan fingerprint density at radius 2 is 1.97 bits per heavy atom. The molecule has 0 aromatic heterocycles. The zero-order valence-corrected chi connectivity index (χ0v) is 19.2. The minimum absolute atomic E-state index is 0.00160. The zero-order chi connectivity index (χ0) is 23.6. The molecule has 1 saturated carbocycles. The van der Waals surface area contributed by atoms with Crippen LogP contribution < -0.4 is 20.1 Å². The fraction of sp³-hybridized carbons (Fsp3) is 0.440. The highest BCUT2D eigenvalue weighted by Crippen LogP contribution is 2.49. The molecule has 0 radical (unpaired) electrons. The summed E-state index contributed by atoms with van der Waals surface area (Å²) < 4.78 is 24.5. The number of nitrogens with zero attached hydrogens (tertiary/aromatic N) is 2. The number of hydrogen-bond acceptors (Lipinski definition) is 5. The second-order valence-corrected chi connectivity index (χ2v) is 8.85. The Bertz CT molecular complexity index is 1090. The van der Waals surface area contributed by atoms with Crippen molar-refractivity contribution < 1.29 is 18.7 Å². The summed E-state index contributed by atoms with van der Waals surface area (Å²) in [5.41, 5.74) is 1.53. The van der Waals surface area contributed by atoms with Crippen LogP contribution in [-0.2, 0) is 5.41 Å². The molecule has 3 atom stereocenters. The quantitative estimate of drug-likeness (QED) is 0.715. The smallest absolute Gasteiger partial charge is 0.319 e. The number of likely N-dealkylation sites (tertiary alicyclic amines) is 1. The summed E-state index contributed by atoms with van der Waals surface area (Å²) in [6.07, 6.45) is 3.66. The van der Waals surface area contributed by atoms with Gasteiger partial charge in [-0.3, -0.25) is 0 Å². The van der Waals surface area contributed by atoms with Gasteiger partial charge in [0.25, 0.3) is 0 Å². The molecule has 2 amide bonds. The van der Waals surface area contributed by atoms with Crippen molar-refractivity contribution in [3.63, 3.8) is 0 Å². The van der Waals surface area contributed by atoms with E-state index in [1.165, 1.54) is 23.8 Å². The van der Waals surface area contributed by atoms with E-state index in [0.29, 0.717) is 11.4 Å². The molecule has 174 valence electrons. The Kier molecular flexibility index (Phi) is 6.43. The molecule has 2 aromatic rings. The van der Waals surface area contributed by atoms with Gasteiger partial charge in [0, 0.05) is 23.2 Å². The van der Waals surface area contributed by atoms with Crippen molar-refractivity contribution in [2.24, 2.45) is 0 Å². The van der Waals surface area contributed by atoms with Crippen LogP contribution in [0.2, 0.25) is 0 Å². The number of hydrogen-bond donors (Lipinski definition) is 2. The summed E-state index contributed by atoms with van der Waals surface area (Å²) in [7, 11) is 5.42. The van der Waals surface area contributed by atoms with E-state index in [9.17, 15) is 9.18 Å². The second kappa shape index (κ2) is 9.28. The van der Waals surface area contributed by atoms with E-state index in [1.54, 1.807) is 20.3 Å². The number of methoxy groups -OCH3 is 2. The number of urea groups is 1. The average Bonchev–Trinajstić information content (AvgIpc) is 3.16. The predicted molar refractivity (Wildman–Crippen MR) is 123 cm³/mol. The summed E-state index contributed by atoms with van der Waals surface area (Å²) in [6, 6.07) is 11.9. The van der Waals surface area contributed by atoms with Crippen LogP contribution in [0.1, 0.15) is 36.8 Å². The number of rotatable bonds is 5. The van der Waals surface area contributed by atoms with Gasteiger partial charge in [0.15, 0.2) is 11.5 Å². The van der Waals surface area contributed by atoms with Crippen LogP contribution in [0.3, 0.4) is 0 Å². The molecule has 0 bridgehead atoms. The lowest BCUT2D eigenvalue weighted by atomic mass is 9.65. The molecular formula is C25H29FN4O3. The van der Waals surface area contributed by atoms with Gasteiger partial charge < -0.3 is 25.0 Å². The van der Waals surface area contributed by atoms with E-state index in [1.807, 2.05) is 6.07 Å². The van der Waals surface area contributed by atoms with E-state index in [2.05, 4.69) is 34.7 Å². The first-order chi connectivity index (χ1) is 15.9. The number of fused-ring (bicyclic) bond motifs is 1. The van der Waals surface area contributed by atoms with Gasteiger partial charge in [-0.2, -0.15) is 5.26 Å². The molecule has 1 aliphatic carbocycles. The van der Waals surface area contributed by atoms with Crippen molar-refractivity contribution in [3.05, 3.63) is 53.3 Å². The monoisotopic (exact) mass is 452 g/mol. The van der Waals surface area contributed by atoms with Gasteiger partial charge in [0.1, 0.15) is 11.9 Å². The van der Waals surface area contributed by atoms with Crippen LogP contribution in [-0.4, -0.2) is 50.8 Å². The minimum Gasteiger partial charge on any atom is -0.493 e. The van der Waals surface area contributed by atoms with Crippen molar-refractivity contribution >= 4 is 11.7 Å². The van der Waals surface area contributed by atoms with E-state index in [4.69, 9.17) is 14.7 Å². The molecule has 0 spiro atoms. The normalized spacial score (nSPS) is 24.5. The molecule has 0 unspecified atom stereocenters. The summed E-state index contributed by atoms with van der Waals surface area (Å²) >= 11 is 0. The van der Waals surface area contributed by atoms with Crippen molar-refractivity contribution in [3.8, 4) is 17.6 Å². The van der Waals surface area contributed by atoms with Crippen molar-refractivity contribution in [1.29, 1.82) is 5.26 Å². The Hall–Kier alpha value is -3.31. The van der Waals surface area contributed by atoms with Gasteiger partial charge in [0.2, 0.25) is 0 Å². The third-order valence-corrected chi connectivity index (χ3v) is 7.17. The molecule has 4 rings (SSSR count). The molecular weight excluding hydrogens is 423 g/mol. The fourth-order valence-electron chi connectivity index (χ4n) is 5.44. The molecule has 2 aliphatic rings. The van der Waals surface area contributed by atoms with E-state index in [-0.39, 0.29) is 29.1 Å². The van der Waals surface area contributed by atoms with Gasteiger partial charge in [-0.15, -0.1) is 0 Å². The van der Waals surface area contributed by atoms with E-state index < -0.39 is 5.82 Å². The van der Waals surface area contributed by atoms with Gasteiger partial charge in [-0.05, 0) is 75.2 Å². The van der Waals surface area contributed by atoms with E-state index >= 15 is 0 Å². The van der Waals surface area contributed by atoms with Crippen molar-refractivity contribution in [2.45, 2.75) is 43.2 Å². The molecule has 1 saturated heterocycles. The minimum atomic E-state index is -0.605. The predicted octanol–water partition coefficient (Wildman–Crippen LogP) is 4.03. The highest BCUT2D eigenvalue weighted by Gasteiger charge is 2.50. The van der Waals surface area contributed by atoms with Crippen LogP contribution in [0.25, 0.3) is 0 Å². The van der Waals surface area contributed by atoms with Crippen LogP contribution in [0.15, 0.2) is 36.4 Å². The van der Waals surface area contributed by atoms with Crippen LogP contribution in [0.5, 0.6) is 11.5 Å². The number of halogens is 1. The molecule has 2 fully saturated rings. The molecule has 33 heavy (non-hydrogen) atoms. The largest absolute Gasteiger partial charge is 0.493 e. The SMILES string of the molecule is COc1ccc([C@@]23CC[C@@H](NC(=O)Nc4ccc(F)c(C#N)c4)C[C@@H]2N(C)CC3)cc1OC. The lowest BCUT2D eigenvalue weighted by Gasteiger charge is -2.45. The van der Waals surface area contributed by atoms with Crippen molar-refractivity contribution in [2.75, 3.05) is 33.1 Å². The Morgan fingerprint density at radius 1 is 1.18 bits per heavy atom. The highest BCUT2D eigenvalue weighted by atomic mass is 19.1. The summed E-state index contributed by atoms with van der Waals surface area (Å²) in [6.45, 7) is 0.991. The van der Waals surface area contributed by atoms with Crippen LogP contribution in [0.4, 0.5) is 14.9 Å².